The highest BCUT2D eigenvalue weighted by Gasteiger charge is 2.33. The third-order valence-electron chi connectivity index (χ3n) is 4.05. The molecule has 2 heterocycles. The van der Waals surface area contributed by atoms with E-state index >= 15 is 0 Å². The molecular formula is C16H22O3. The highest BCUT2D eigenvalue weighted by molar-refractivity contribution is 5.42. The van der Waals surface area contributed by atoms with Crippen molar-refractivity contribution >= 4 is 0 Å². The van der Waals surface area contributed by atoms with E-state index < -0.39 is 6.10 Å². The summed E-state index contributed by atoms with van der Waals surface area (Å²) in [6.07, 6.45) is 2.52. The molecule has 0 aliphatic carbocycles. The summed E-state index contributed by atoms with van der Waals surface area (Å²) in [5, 5.41) is 10.4. The van der Waals surface area contributed by atoms with E-state index in [-0.39, 0.29) is 17.8 Å². The summed E-state index contributed by atoms with van der Waals surface area (Å²) in [6, 6.07) is 6.00. The molecular weight excluding hydrogens is 240 g/mol. The van der Waals surface area contributed by atoms with Crippen LogP contribution >= 0.6 is 0 Å². The van der Waals surface area contributed by atoms with Gasteiger partial charge in [-0.1, -0.05) is 6.07 Å². The van der Waals surface area contributed by atoms with Gasteiger partial charge in [-0.3, -0.25) is 0 Å². The Balaban J connectivity index is 1.80. The first kappa shape index (κ1) is 12.9. The lowest BCUT2D eigenvalue weighted by Crippen LogP contribution is -2.24. The lowest BCUT2D eigenvalue weighted by Gasteiger charge is -2.19. The molecule has 2 aliphatic rings. The van der Waals surface area contributed by atoms with E-state index in [1.54, 1.807) is 0 Å². The molecule has 0 bridgehead atoms. The summed E-state index contributed by atoms with van der Waals surface area (Å²) in [5.74, 6) is 0.946. The van der Waals surface area contributed by atoms with Crippen LogP contribution in [0.1, 0.15) is 50.8 Å². The van der Waals surface area contributed by atoms with Gasteiger partial charge < -0.3 is 14.6 Å². The predicted molar refractivity (Wildman–Crippen MR) is 73.4 cm³/mol. The molecule has 1 N–H and O–H groups in total. The van der Waals surface area contributed by atoms with Crippen LogP contribution in [-0.4, -0.2) is 22.9 Å². The molecule has 104 valence electrons. The molecule has 3 heteroatoms. The van der Waals surface area contributed by atoms with E-state index in [0.717, 1.165) is 30.6 Å². The number of ether oxygens (including phenoxy) is 2. The van der Waals surface area contributed by atoms with Crippen LogP contribution in [-0.2, 0) is 11.2 Å². The van der Waals surface area contributed by atoms with E-state index in [1.165, 1.54) is 5.56 Å². The van der Waals surface area contributed by atoms with Gasteiger partial charge in [0.05, 0.1) is 12.2 Å². The van der Waals surface area contributed by atoms with Crippen LogP contribution in [0.3, 0.4) is 0 Å². The van der Waals surface area contributed by atoms with Gasteiger partial charge in [0.2, 0.25) is 0 Å². The van der Waals surface area contributed by atoms with Crippen LogP contribution in [0.2, 0.25) is 0 Å². The van der Waals surface area contributed by atoms with Gasteiger partial charge in [-0.15, -0.1) is 0 Å². The standard InChI is InChI=1S/C16H22O3/c1-10-4-6-14(18-10)15(17)11-5-7-13-12(8-11)9-16(2,3)19-13/h5,7-8,10,14-15,17H,4,6,9H2,1-3H3. The second-order valence-electron chi connectivity index (χ2n) is 6.41. The third-order valence-corrected chi connectivity index (χ3v) is 4.05. The van der Waals surface area contributed by atoms with Crippen molar-refractivity contribution in [3.05, 3.63) is 29.3 Å². The number of aliphatic hydroxyl groups is 1. The van der Waals surface area contributed by atoms with Gasteiger partial charge in [-0.05, 0) is 56.9 Å². The van der Waals surface area contributed by atoms with E-state index in [4.69, 9.17) is 9.47 Å². The molecule has 1 fully saturated rings. The summed E-state index contributed by atoms with van der Waals surface area (Å²) in [4.78, 5) is 0. The second-order valence-corrected chi connectivity index (χ2v) is 6.41. The van der Waals surface area contributed by atoms with Crippen LogP contribution in [0.4, 0.5) is 0 Å². The quantitative estimate of drug-likeness (QED) is 0.890. The minimum atomic E-state index is -0.529. The fraction of sp³-hybridized carbons (Fsp3) is 0.625. The van der Waals surface area contributed by atoms with Gasteiger partial charge in [0.25, 0.3) is 0 Å². The molecule has 3 atom stereocenters. The van der Waals surface area contributed by atoms with Crippen molar-refractivity contribution in [2.75, 3.05) is 0 Å². The predicted octanol–water partition coefficient (Wildman–Crippen LogP) is 3.00. The Morgan fingerprint density at radius 2 is 2.11 bits per heavy atom. The fourth-order valence-corrected chi connectivity index (χ4v) is 3.09. The molecule has 0 radical (unpaired) electrons. The lowest BCUT2D eigenvalue weighted by molar-refractivity contribution is -0.0297. The maximum atomic E-state index is 10.4. The Bertz CT molecular complexity index is 481. The van der Waals surface area contributed by atoms with Gasteiger partial charge in [-0.2, -0.15) is 0 Å². The van der Waals surface area contributed by atoms with E-state index in [2.05, 4.69) is 26.8 Å². The van der Waals surface area contributed by atoms with E-state index in [1.807, 2.05) is 12.1 Å². The molecule has 3 rings (SSSR count). The fourth-order valence-electron chi connectivity index (χ4n) is 3.09. The van der Waals surface area contributed by atoms with Crippen molar-refractivity contribution in [1.82, 2.24) is 0 Å². The van der Waals surface area contributed by atoms with Gasteiger partial charge >= 0.3 is 0 Å². The van der Waals surface area contributed by atoms with E-state index in [9.17, 15) is 5.11 Å². The topological polar surface area (TPSA) is 38.7 Å². The first-order chi connectivity index (χ1) is 8.94. The van der Waals surface area contributed by atoms with Crippen molar-refractivity contribution in [1.29, 1.82) is 0 Å². The molecule has 0 spiro atoms. The Kier molecular flexibility index (Phi) is 3.06. The number of hydrogen-bond acceptors (Lipinski definition) is 3. The maximum Gasteiger partial charge on any atom is 0.123 e. The van der Waals surface area contributed by atoms with E-state index in [0.29, 0.717) is 0 Å². The third kappa shape index (κ3) is 2.49. The summed E-state index contributed by atoms with van der Waals surface area (Å²) in [6.45, 7) is 6.24. The van der Waals surface area contributed by atoms with Crippen LogP contribution in [0.5, 0.6) is 5.75 Å². The largest absolute Gasteiger partial charge is 0.487 e. The molecule has 2 aliphatic heterocycles. The van der Waals surface area contributed by atoms with Crippen molar-refractivity contribution in [2.45, 2.75) is 63.9 Å². The summed E-state index contributed by atoms with van der Waals surface area (Å²) >= 11 is 0. The zero-order valence-electron chi connectivity index (χ0n) is 11.8. The molecule has 3 unspecified atom stereocenters. The molecule has 1 aromatic carbocycles. The molecule has 0 amide bonds. The summed E-state index contributed by atoms with van der Waals surface area (Å²) in [5.41, 5.74) is 2.00. The molecule has 19 heavy (non-hydrogen) atoms. The van der Waals surface area contributed by atoms with Crippen LogP contribution < -0.4 is 4.74 Å². The Hall–Kier alpha value is -1.06. The minimum absolute atomic E-state index is 0.0663. The first-order valence-electron chi connectivity index (χ1n) is 7.10. The highest BCUT2D eigenvalue weighted by Crippen LogP contribution is 2.38. The first-order valence-corrected chi connectivity index (χ1v) is 7.10. The number of fused-ring (bicyclic) bond motifs is 1. The van der Waals surface area contributed by atoms with Crippen LogP contribution in [0.15, 0.2) is 18.2 Å². The summed E-state index contributed by atoms with van der Waals surface area (Å²) in [7, 11) is 0. The average molecular weight is 262 g/mol. The monoisotopic (exact) mass is 262 g/mol. The summed E-state index contributed by atoms with van der Waals surface area (Å²) < 4.78 is 11.6. The number of rotatable bonds is 2. The Morgan fingerprint density at radius 3 is 2.79 bits per heavy atom. The SMILES string of the molecule is CC1CCC(C(O)c2ccc3c(c2)CC(C)(C)O3)O1. The number of hydrogen-bond donors (Lipinski definition) is 1. The van der Waals surface area contributed by atoms with Crippen molar-refractivity contribution in [3.8, 4) is 5.75 Å². The van der Waals surface area contributed by atoms with Crippen LogP contribution in [0, 0.1) is 0 Å². The van der Waals surface area contributed by atoms with Crippen molar-refractivity contribution in [3.63, 3.8) is 0 Å². The second kappa shape index (κ2) is 4.50. The zero-order valence-corrected chi connectivity index (χ0v) is 11.8. The molecule has 1 saturated heterocycles. The van der Waals surface area contributed by atoms with Gasteiger partial charge in [0.15, 0.2) is 0 Å². The van der Waals surface area contributed by atoms with Gasteiger partial charge in [-0.25, -0.2) is 0 Å². The van der Waals surface area contributed by atoms with Crippen LogP contribution in [0.25, 0.3) is 0 Å². The highest BCUT2D eigenvalue weighted by atomic mass is 16.5. The van der Waals surface area contributed by atoms with Crippen molar-refractivity contribution in [2.24, 2.45) is 0 Å². The number of aliphatic hydroxyl groups excluding tert-OH is 1. The lowest BCUT2D eigenvalue weighted by atomic mass is 9.96. The Labute approximate surface area is 114 Å². The smallest absolute Gasteiger partial charge is 0.123 e. The normalized spacial score (nSPS) is 29.9. The van der Waals surface area contributed by atoms with Crippen molar-refractivity contribution < 1.29 is 14.6 Å². The molecule has 3 nitrogen and oxygen atoms in total. The van der Waals surface area contributed by atoms with Gasteiger partial charge in [0, 0.05) is 6.42 Å². The van der Waals surface area contributed by atoms with Gasteiger partial charge in [0.1, 0.15) is 17.5 Å². The maximum absolute atomic E-state index is 10.4. The molecule has 0 saturated carbocycles. The minimum Gasteiger partial charge on any atom is -0.487 e. The molecule has 1 aromatic rings. The average Bonchev–Trinajstić information content (AvgIpc) is 2.88. The molecule has 0 aromatic heterocycles. The zero-order chi connectivity index (χ0) is 13.6. The number of benzene rings is 1. The Morgan fingerprint density at radius 1 is 1.32 bits per heavy atom.